The number of likely N-dealkylation sites (tertiary alicyclic amines) is 1. The van der Waals surface area contributed by atoms with Crippen LogP contribution in [0.1, 0.15) is 59.3 Å². The predicted molar refractivity (Wildman–Crippen MR) is 76.9 cm³/mol. The quantitative estimate of drug-likeness (QED) is 0.782. The van der Waals surface area contributed by atoms with E-state index in [4.69, 9.17) is 4.74 Å². The first-order valence-corrected chi connectivity index (χ1v) is 8.08. The Morgan fingerprint density at radius 1 is 1.21 bits per heavy atom. The maximum atomic E-state index is 12.9. The van der Waals surface area contributed by atoms with Crippen LogP contribution in [0.2, 0.25) is 0 Å². The molecule has 4 atom stereocenters. The Morgan fingerprint density at radius 2 is 1.84 bits per heavy atom. The smallest absolute Gasteiger partial charge is 0.226 e. The highest BCUT2D eigenvalue weighted by atomic mass is 16.5. The first kappa shape index (κ1) is 14.8. The summed E-state index contributed by atoms with van der Waals surface area (Å²) in [5, 5.41) is 0. The lowest BCUT2D eigenvalue weighted by atomic mass is 9.87. The average Bonchev–Trinajstić information content (AvgIpc) is 2.89. The molecule has 0 bridgehead atoms. The van der Waals surface area contributed by atoms with Gasteiger partial charge in [0.15, 0.2) is 0 Å². The molecule has 0 aliphatic carbocycles. The molecule has 2 heterocycles. The molecular formula is C16H29NO2. The third kappa shape index (κ3) is 3.13. The molecular weight excluding hydrogens is 238 g/mol. The van der Waals surface area contributed by atoms with Gasteiger partial charge in [0.25, 0.3) is 0 Å². The molecule has 2 rings (SSSR count). The Kier molecular flexibility index (Phi) is 5.26. The van der Waals surface area contributed by atoms with Crippen LogP contribution in [0.25, 0.3) is 0 Å². The minimum atomic E-state index is 0.126. The summed E-state index contributed by atoms with van der Waals surface area (Å²) in [7, 11) is 0. The molecule has 3 nitrogen and oxygen atoms in total. The number of carbonyl (C=O) groups is 1. The van der Waals surface area contributed by atoms with E-state index in [9.17, 15) is 4.79 Å². The summed E-state index contributed by atoms with van der Waals surface area (Å²) >= 11 is 0. The molecule has 2 saturated heterocycles. The fraction of sp³-hybridized carbons (Fsp3) is 0.938. The van der Waals surface area contributed by atoms with Crippen molar-refractivity contribution >= 4 is 5.91 Å². The van der Waals surface area contributed by atoms with Crippen molar-refractivity contribution < 1.29 is 9.53 Å². The lowest BCUT2D eigenvalue weighted by Gasteiger charge is -2.35. The van der Waals surface area contributed by atoms with Crippen LogP contribution in [0.5, 0.6) is 0 Å². The molecule has 0 aromatic rings. The monoisotopic (exact) mass is 267 g/mol. The Hall–Kier alpha value is -0.570. The fourth-order valence-electron chi connectivity index (χ4n) is 3.72. The number of rotatable bonds is 4. The summed E-state index contributed by atoms with van der Waals surface area (Å²) in [4.78, 5) is 15.1. The first-order valence-electron chi connectivity index (χ1n) is 8.08. The maximum absolute atomic E-state index is 12.9. The van der Waals surface area contributed by atoms with Crippen LogP contribution in [0.4, 0.5) is 0 Å². The van der Waals surface area contributed by atoms with E-state index in [1.807, 2.05) is 0 Å². The van der Waals surface area contributed by atoms with Gasteiger partial charge in [-0.25, -0.2) is 0 Å². The van der Waals surface area contributed by atoms with Crippen LogP contribution >= 0.6 is 0 Å². The molecule has 19 heavy (non-hydrogen) atoms. The van der Waals surface area contributed by atoms with E-state index in [0.717, 1.165) is 38.9 Å². The number of carbonyl (C=O) groups excluding carboxylic acids is 1. The standard InChI is InChI=1S/C16H29NO2/c1-4-14-8-9-15(5-2)17(14)16(18)12(3)13-7-6-10-19-11-13/h12-15H,4-11H2,1-3H3/t12?,13?,14-,15?/m1/s1. The summed E-state index contributed by atoms with van der Waals surface area (Å²) in [5.74, 6) is 0.935. The molecule has 1 amide bonds. The number of hydrogen-bond acceptors (Lipinski definition) is 2. The van der Waals surface area contributed by atoms with E-state index in [1.54, 1.807) is 0 Å². The number of amides is 1. The van der Waals surface area contributed by atoms with Gasteiger partial charge in [-0.15, -0.1) is 0 Å². The molecule has 2 aliphatic heterocycles. The molecule has 0 N–H and O–H groups in total. The molecule has 0 spiro atoms. The second-order valence-electron chi connectivity index (χ2n) is 6.21. The van der Waals surface area contributed by atoms with E-state index in [0.29, 0.717) is 23.9 Å². The van der Waals surface area contributed by atoms with E-state index >= 15 is 0 Å². The molecule has 0 aromatic carbocycles. The Bertz CT molecular complexity index is 287. The summed E-state index contributed by atoms with van der Waals surface area (Å²) in [6, 6.07) is 0.953. The van der Waals surface area contributed by atoms with Crippen molar-refractivity contribution in [1.82, 2.24) is 4.90 Å². The molecule has 3 heteroatoms. The van der Waals surface area contributed by atoms with Gasteiger partial charge >= 0.3 is 0 Å². The minimum absolute atomic E-state index is 0.126. The van der Waals surface area contributed by atoms with Crippen molar-refractivity contribution in [2.45, 2.75) is 71.4 Å². The number of hydrogen-bond donors (Lipinski definition) is 0. The third-order valence-electron chi connectivity index (χ3n) is 5.11. The zero-order chi connectivity index (χ0) is 13.8. The largest absolute Gasteiger partial charge is 0.381 e. The summed E-state index contributed by atoms with van der Waals surface area (Å²) in [6.07, 6.45) is 6.82. The average molecular weight is 267 g/mol. The fourth-order valence-corrected chi connectivity index (χ4v) is 3.72. The van der Waals surface area contributed by atoms with Gasteiger partial charge in [0.05, 0.1) is 6.61 Å². The van der Waals surface area contributed by atoms with Crippen molar-refractivity contribution in [3.05, 3.63) is 0 Å². The number of nitrogens with zero attached hydrogens (tertiary/aromatic N) is 1. The maximum Gasteiger partial charge on any atom is 0.226 e. The van der Waals surface area contributed by atoms with Gasteiger partial charge in [0, 0.05) is 24.6 Å². The van der Waals surface area contributed by atoms with Crippen LogP contribution in [0, 0.1) is 11.8 Å². The lowest BCUT2D eigenvalue weighted by molar-refractivity contribution is -0.141. The summed E-state index contributed by atoms with van der Waals surface area (Å²) < 4.78 is 5.55. The van der Waals surface area contributed by atoms with Crippen molar-refractivity contribution in [3.63, 3.8) is 0 Å². The SMILES string of the molecule is CCC1CC[C@@H](CC)N1C(=O)C(C)C1CCCOC1. The highest BCUT2D eigenvalue weighted by Gasteiger charge is 2.38. The van der Waals surface area contributed by atoms with E-state index in [1.165, 1.54) is 12.8 Å². The van der Waals surface area contributed by atoms with Gasteiger partial charge in [-0.1, -0.05) is 20.8 Å². The van der Waals surface area contributed by atoms with Gasteiger partial charge in [-0.3, -0.25) is 4.79 Å². The highest BCUT2D eigenvalue weighted by molar-refractivity contribution is 5.79. The van der Waals surface area contributed by atoms with E-state index in [-0.39, 0.29) is 5.92 Å². The first-order chi connectivity index (χ1) is 9.19. The van der Waals surface area contributed by atoms with Gasteiger partial charge < -0.3 is 9.64 Å². The van der Waals surface area contributed by atoms with Crippen molar-refractivity contribution in [2.75, 3.05) is 13.2 Å². The topological polar surface area (TPSA) is 29.5 Å². The van der Waals surface area contributed by atoms with Crippen molar-refractivity contribution in [3.8, 4) is 0 Å². The zero-order valence-corrected chi connectivity index (χ0v) is 12.7. The predicted octanol–water partition coefficient (Wildman–Crippen LogP) is 3.23. The van der Waals surface area contributed by atoms with Crippen LogP contribution in [0.15, 0.2) is 0 Å². The molecule has 3 unspecified atom stereocenters. The van der Waals surface area contributed by atoms with Crippen LogP contribution in [-0.4, -0.2) is 36.1 Å². The van der Waals surface area contributed by atoms with Crippen molar-refractivity contribution in [2.24, 2.45) is 11.8 Å². The van der Waals surface area contributed by atoms with E-state index in [2.05, 4.69) is 25.7 Å². The van der Waals surface area contributed by atoms with Gasteiger partial charge in [-0.05, 0) is 44.4 Å². The van der Waals surface area contributed by atoms with Gasteiger partial charge in [-0.2, -0.15) is 0 Å². The van der Waals surface area contributed by atoms with Gasteiger partial charge in [0.2, 0.25) is 5.91 Å². The molecule has 110 valence electrons. The lowest BCUT2D eigenvalue weighted by Crippen LogP contribution is -2.46. The van der Waals surface area contributed by atoms with Crippen LogP contribution in [0.3, 0.4) is 0 Å². The minimum Gasteiger partial charge on any atom is -0.381 e. The molecule has 0 radical (unpaired) electrons. The number of ether oxygens (including phenoxy) is 1. The molecule has 2 fully saturated rings. The van der Waals surface area contributed by atoms with Gasteiger partial charge in [0.1, 0.15) is 0 Å². The normalized spacial score (nSPS) is 33.4. The molecule has 0 aromatic heterocycles. The second-order valence-corrected chi connectivity index (χ2v) is 6.21. The zero-order valence-electron chi connectivity index (χ0n) is 12.7. The summed E-state index contributed by atoms with van der Waals surface area (Å²) in [6.45, 7) is 8.17. The highest BCUT2D eigenvalue weighted by Crippen LogP contribution is 2.32. The molecule has 0 saturated carbocycles. The Labute approximate surface area is 117 Å². The Balaban J connectivity index is 2.03. The van der Waals surface area contributed by atoms with Crippen LogP contribution < -0.4 is 0 Å². The third-order valence-corrected chi connectivity index (χ3v) is 5.11. The van der Waals surface area contributed by atoms with Crippen molar-refractivity contribution in [1.29, 1.82) is 0 Å². The summed E-state index contributed by atoms with van der Waals surface area (Å²) in [5.41, 5.74) is 0. The molecule has 2 aliphatic rings. The Morgan fingerprint density at radius 3 is 2.32 bits per heavy atom. The van der Waals surface area contributed by atoms with Crippen LogP contribution in [-0.2, 0) is 9.53 Å². The second kappa shape index (κ2) is 6.74. The van der Waals surface area contributed by atoms with E-state index < -0.39 is 0 Å².